The first-order valence-corrected chi connectivity index (χ1v) is 5.40. The number of nitrogens with two attached hydrogens (primary N) is 1. The van der Waals surface area contributed by atoms with E-state index in [9.17, 15) is 5.11 Å². The summed E-state index contributed by atoms with van der Waals surface area (Å²) in [6.45, 7) is 3.60. The fourth-order valence-corrected chi connectivity index (χ4v) is 2.04. The highest BCUT2D eigenvalue weighted by Gasteiger charge is 2.24. The molecule has 0 amide bonds. The Bertz CT molecular complexity index is 165. The van der Waals surface area contributed by atoms with Gasteiger partial charge in [0.25, 0.3) is 0 Å². The van der Waals surface area contributed by atoms with Crippen molar-refractivity contribution in [1.82, 2.24) is 9.80 Å². The summed E-state index contributed by atoms with van der Waals surface area (Å²) in [6.07, 6.45) is 1.64. The lowest BCUT2D eigenvalue weighted by Gasteiger charge is -2.26. The van der Waals surface area contributed by atoms with E-state index in [1.54, 1.807) is 0 Å². The van der Waals surface area contributed by atoms with E-state index in [1.807, 2.05) is 0 Å². The summed E-state index contributed by atoms with van der Waals surface area (Å²) >= 11 is 0. The monoisotopic (exact) mass is 201 g/mol. The Labute approximate surface area is 86.7 Å². The predicted octanol–water partition coefficient (Wildman–Crippen LogP) is -0.668. The average Bonchev–Trinajstić information content (AvgIpc) is 2.52. The van der Waals surface area contributed by atoms with Gasteiger partial charge in [-0.1, -0.05) is 0 Å². The average molecular weight is 201 g/mol. The van der Waals surface area contributed by atoms with E-state index in [1.165, 1.54) is 13.0 Å². The van der Waals surface area contributed by atoms with E-state index in [-0.39, 0.29) is 6.10 Å². The number of likely N-dealkylation sites (N-methyl/N-ethyl adjacent to an activating group) is 2. The molecule has 1 aliphatic rings. The first-order valence-electron chi connectivity index (χ1n) is 5.40. The summed E-state index contributed by atoms with van der Waals surface area (Å²) < 4.78 is 0. The first-order chi connectivity index (χ1) is 6.63. The summed E-state index contributed by atoms with van der Waals surface area (Å²) in [5, 5.41) is 9.61. The fraction of sp³-hybridized carbons (Fsp3) is 1.00. The molecule has 0 aromatic heterocycles. The highest BCUT2D eigenvalue weighted by atomic mass is 16.3. The second-order valence-electron chi connectivity index (χ2n) is 4.38. The van der Waals surface area contributed by atoms with Crippen LogP contribution in [-0.2, 0) is 0 Å². The number of nitrogens with zero attached hydrogens (tertiary/aromatic N) is 2. The molecule has 84 valence electrons. The van der Waals surface area contributed by atoms with E-state index >= 15 is 0 Å². The Kier molecular flexibility index (Phi) is 4.81. The summed E-state index contributed by atoms with van der Waals surface area (Å²) in [6, 6.07) is 0.604. The van der Waals surface area contributed by atoms with Gasteiger partial charge in [0.05, 0.1) is 6.10 Å². The molecule has 1 heterocycles. The van der Waals surface area contributed by atoms with E-state index in [0.29, 0.717) is 19.0 Å². The van der Waals surface area contributed by atoms with Crippen molar-refractivity contribution in [2.24, 2.45) is 5.73 Å². The Balaban J connectivity index is 2.23. The third kappa shape index (κ3) is 3.53. The zero-order valence-electron chi connectivity index (χ0n) is 9.32. The molecule has 1 saturated heterocycles. The van der Waals surface area contributed by atoms with Crippen LogP contribution >= 0.6 is 0 Å². The number of likely N-dealkylation sites (tertiary alicyclic amines) is 1. The molecule has 0 aliphatic carbocycles. The van der Waals surface area contributed by atoms with Gasteiger partial charge < -0.3 is 15.7 Å². The van der Waals surface area contributed by atoms with Crippen molar-refractivity contribution in [2.45, 2.75) is 25.0 Å². The lowest BCUT2D eigenvalue weighted by molar-refractivity contribution is 0.101. The van der Waals surface area contributed by atoms with Crippen molar-refractivity contribution >= 4 is 0 Å². The van der Waals surface area contributed by atoms with Crippen LogP contribution in [0.15, 0.2) is 0 Å². The number of hydrogen-bond acceptors (Lipinski definition) is 4. The van der Waals surface area contributed by atoms with Crippen molar-refractivity contribution in [3.63, 3.8) is 0 Å². The largest absolute Gasteiger partial charge is 0.392 e. The van der Waals surface area contributed by atoms with Crippen LogP contribution in [0, 0.1) is 0 Å². The smallest absolute Gasteiger partial charge is 0.0679 e. The maximum atomic E-state index is 9.61. The molecule has 4 nitrogen and oxygen atoms in total. The van der Waals surface area contributed by atoms with Crippen LogP contribution in [0.5, 0.6) is 0 Å². The van der Waals surface area contributed by atoms with Gasteiger partial charge in [-0.2, -0.15) is 0 Å². The second kappa shape index (κ2) is 5.66. The van der Waals surface area contributed by atoms with Crippen molar-refractivity contribution in [3.8, 4) is 0 Å². The molecule has 0 radical (unpaired) electrons. The summed E-state index contributed by atoms with van der Waals surface area (Å²) in [5.41, 5.74) is 5.39. The summed E-state index contributed by atoms with van der Waals surface area (Å²) in [7, 11) is 4.23. The number of aliphatic hydroxyl groups is 1. The van der Waals surface area contributed by atoms with Crippen LogP contribution in [0.1, 0.15) is 12.8 Å². The molecule has 2 atom stereocenters. The number of hydrogen-bond donors (Lipinski definition) is 2. The van der Waals surface area contributed by atoms with Gasteiger partial charge in [-0.3, -0.25) is 4.90 Å². The van der Waals surface area contributed by atoms with E-state index < -0.39 is 0 Å². The van der Waals surface area contributed by atoms with E-state index in [0.717, 1.165) is 13.1 Å². The van der Waals surface area contributed by atoms with Crippen LogP contribution in [-0.4, -0.2) is 67.3 Å². The lowest BCUT2D eigenvalue weighted by Crippen LogP contribution is -2.39. The van der Waals surface area contributed by atoms with Crippen LogP contribution in [0.4, 0.5) is 0 Å². The molecular formula is C10H23N3O. The predicted molar refractivity (Wildman–Crippen MR) is 58.2 cm³/mol. The summed E-state index contributed by atoms with van der Waals surface area (Å²) in [4.78, 5) is 4.58. The topological polar surface area (TPSA) is 52.7 Å². The molecule has 0 bridgehead atoms. The normalized spacial score (nSPS) is 25.9. The zero-order valence-corrected chi connectivity index (χ0v) is 9.32. The minimum atomic E-state index is -0.268. The Hall–Kier alpha value is -0.160. The second-order valence-corrected chi connectivity index (χ2v) is 4.38. The van der Waals surface area contributed by atoms with Gasteiger partial charge in [-0.15, -0.1) is 0 Å². The maximum absolute atomic E-state index is 9.61. The minimum absolute atomic E-state index is 0.268. The third-order valence-electron chi connectivity index (χ3n) is 2.99. The van der Waals surface area contributed by atoms with Gasteiger partial charge in [0.2, 0.25) is 0 Å². The molecule has 2 unspecified atom stereocenters. The van der Waals surface area contributed by atoms with Crippen LogP contribution < -0.4 is 5.73 Å². The molecule has 14 heavy (non-hydrogen) atoms. The summed E-state index contributed by atoms with van der Waals surface area (Å²) in [5.74, 6) is 0. The van der Waals surface area contributed by atoms with Gasteiger partial charge in [0.15, 0.2) is 0 Å². The van der Waals surface area contributed by atoms with Crippen LogP contribution in [0.3, 0.4) is 0 Å². The van der Waals surface area contributed by atoms with Crippen molar-refractivity contribution < 1.29 is 5.11 Å². The lowest BCUT2D eigenvalue weighted by atomic mass is 10.2. The Morgan fingerprint density at radius 1 is 1.64 bits per heavy atom. The molecule has 0 aromatic rings. The van der Waals surface area contributed by atoms with Crippen LogP contribution in [0.2, 0.25) is 0 Å². The highest BCUT2D eigenvalue weighted by molar-refractivity contribution is 4.81. The highest BCUT2D eigenvalue weighted by Crippen LogP contribution is 2.12. The van der Waals surface area contributed by atoms with Gasteiger partial charge in [0.1, 0.15) is 0 Å². The van der Waals surface area contributed by atoms with Crippen LogP contribution in [0.25, 0.3) is 0 Å². The molecule has 4 heteroatoms. The van der Waals surface area contributed by atoms with E-state index in [2.05, 4.69) is 23.9 Å². The molecule has 3 N–H and O–H groups in total. The molecule has 0 aromatic carbocycles. The molecule has 1 fully saturated rings. The molecular weight excluding hydrogens is 178 g/mol. The van der Waals surface area contributed by atoms with Crippen molar-refractivity contribution in [2.75, 3.05) is 40.3 Å². The van der Waals surface area contributed by atoms with Gasteiger partial charge in [0, 0.05) is 19.1 Å². The SMILES string of the molecule is CN1CCC(N(C)CC(O)CCN)C1. The Morgan fingerprint density at radius 3 is 2.86 bits per heavy atom. The minimum Gasteiger partial charge on any atom is -0.392 e. The van der Waals surface area contributed by atoms with Gasteiger partial charge >= 0.3 is 0 Å². The number of aliphatic hydroxyl groups excluding tert-OH is 1. The van der Waals surface area contributed by atoms with Gasteiger partial charge in [-0.05, 0) is 40.0 Å². The number of rotatable bonds is 5. The van der Waals surface area contributed by atoms with Gasteiger partial charge in [-0.25, -0.2) is 0 Å². The molecule has 0 spiro atoms. The molecule has 1 aliphatic heterocycles. The fourth-order valence-electron chi connectivity index (χ4n) is 2.04. The zero-order chi connectivity index (χ0) is 10.6. The third-order valence-corrected chi connectivity index (χ3v) is 2.99. The molecule has 0 saturated carbocycles. The van der Waals surface area contributed by atoms with Crippen molar-refractivity contribution in [1.29, 1.82) is 0 Å². The standard InChI is InChI=1S/C10H23N3O/c1-12-6-4-9(7-12)13(2)8-10(14)3-5-11/h9-10,14H,3-8,11H2,1-2H3. The van der Waals surface area contributed by atoms with E-state index in [4.69, 9.17) is 5.73 Å². The quantitative estimate of drug-likeness (QED) is 0.619. The van der Waals surface area contributed by atoms with Crippen molar-refractivity contribution in [3.05, 3.63) is 0 Å². The Morgan fingerprint density at radius 2 is 2.36 bits per heavy atom. The first kappa shape index (κ1) is 11.9. The maximum Gasteiger partial charge on any atom is 0.0679 e. The molecule has 1 rings (SSSR count).